The maximum absolute atomic E-state index is 13.1. The molecule has 2 aromatic rings. The lowest BCUT2D eigenvalue weighted by atomic mass is 10.0. The van der Waals surface area contributed by atoms with Crippen molar-refractivity contribution in [3.05, 3.63) is 54.1 Å². The van der Waals surface area contributed by atoms with E-state index in [1.165, 1.54) is 0 Å². The third-order valence-electron chi connectivity index (χ3n) is 4.83. The van der Waals surface area contributed by atoms with Gasteiger partial charge in [0.05, 0.1) is 7.11 Å². The highest BCUT2D eigenvalue weighted by molar-refractivity contribution is 6.01. The van der Waals surface area contributed by atoms with Crippen molar-refractivity contribution in [3.8, 4) is 11.5 Å². The van der Waals surface area contributed by atoms with Crippen molar-refractivity contribution in [1.82, 2.24) is 5.32 Å². The van der Waals surface area contributed by atoms with Crippen LogP contribution in [0.25, 0.3) is 0 Å². The second-order valence-electron chi connectivity index (χ2n) is 7.10. The van der Waals surface area contributed by atoms with Gasteiger partial charge in [-0.15, -0.1) is 0 Å². The van der Waals surface area contributed by atoms with Gasteiger partial charge in [0.1, 0.15) is 6.04 Å². The van der Waals surface area contributed by atoms with Gasteiger partial charge < -0.3 is 19.7 Å². The van der Waals surface area contributed by atoms with Gasteiger partial charge in [-0.3, -0.25) is 9.59 Å². The van der Waals surface area contributed by atoms with Crippen molar-refractivity contribution in [2.75, 3.05) is 25.2 Å². The van der Waals surface area contributed by atoms with Gasteiger partial charge >= 0.3 is 0 Å². The molecule has 28 heavy (non-hydrogen) atoms. The molecule has 6 nitrogen and oxygen atoms in total. The summed E-state index contributed by atoms with van der Waals surface area (Å²) in [7, 11) is 1.55. The smallest absolute Gasteiger partial charge is 0.258 e. The zero-order valence-corrected chi connectivity index (χ0v) is 16.5. The lowest BCUT2D eigenvalue weighted by molar-refractivity contribution is -0.129. The van der Waals surface area contributed by atoms with E-state index in [1.54, 1.807) is 30.2 Å². The summed E-state index contributed by atoms with van der Waals surface area (Å²) in [6.07, 6.45) is 0.831. The number of amides is 2. The maximum Gasteiger partial charge on any atom is 0.258 e. The number of carbonyl (C=O) groups is 2. The number of rotatable bonds is 7. The molecule has 0 fully saturated rings. The number of hydrogen-bond donors (Lipinski definition) is 1. The molecule has 148 valence electrons. The minimum absolute atomic E-state index is 0.0459. The van der Waals surface area contributed by atoms with Crippen LogP contribution in [0.5, 0.6) is 11.5 Å². The number of benzene rings is 2. The van der Waals surface area contributed by atoms with Crippen LogP contribution in [0.1, 0.15) is 19.4 Å². The number of methoxy groups -OCH3 is 1. The Bertz CT molecular complexity index is 850. The first-order valence-electron chi connectivity index (χ1n) is 9.45. The Morgan fingerprint density at radius 3 is 2.46 bits per heavy atom. The summed E-state index contributed by atoms with van der Waals surface area (Å²) in [5.41, 5.74) is 2.09. The third-order valence-corrected chi connectivity index (χ3v) is 4.83. The summed E-state index contributed by atoms with van der Waals surface area (Å²) in [4.78, 5) is 27.3. The summed E-state index contributed by atoms with van der Waals surface area (Å²) in [6, 6.07) is 14.4. The lowest BCUT2D eigenvalue weighted by Crippen LogP contribution is -2.52. The van der Waals surface area contributed by atoms with E-state index in [0.717, 1.165) is 17.7 Å². The number of anilines is 1. The Balaban J connectivity index is 1.64. The summed E-state index contributed by atoms with van der Waals surface area (Å²) in [5, 5.41) is 2.84. The molecule has 1 aliphatic heterocycles. The number of nitrogens with one attached hydrogen (secondary N) is 1. The first kappa shape index (κ1) is 19.7. The van der Waals surface area contributed by atoms with Gasteiger partial charge in [0, 0.05) is 12.2 Å². The molecule has 0 saturated heterocycles. The second kappa shape index (κ2) is 8.78. The molecule has 0 aliphatic carbocycles. The van der Waals surface area contributed by atoms with Gasteiger partial charge in [0.15, 0.2) is 18.1 Å². The van der Waals surface area contributed by atoms with Crippen LogP contribution in [0, 0.1) is 5.92 Å². The van der Waals surface area contributed by atoms with Gasteiger partial charge in [-0.2, -0.15) is 0 Å². The standard InChI is InChI=1S/C22H26N2O4/c1-15(2)21(22(26)24-13-12-16-8-4-5-9-17(16)24)23-20(25)14-28-19-11-7-6-10-18(19)27-3/h4-11,15,21H,12-14H2,1-3H3,(H,23,25)/t21-/m1/s1. The lowest BCUT2D eigenvalue weighted by Gasteiger charge is -2.27. The van der Waals surface area contributed by atoms with Crippen molar-refractivity contribution in [3.63, 3.8) is 0 Å². The molecular weight excluding hydrogens is 356 g/mol. The summed E-state index contributed by atoms with van der Waals surface area (Å²) >= 11 is 0. The molecular formula is C22H26N2O4. The third kappa shape index (κ3) is 4.27. The van der Waals surface area contributed by atoms with E-state index >= 15 is 0 Å². The van der Waals surface area contributed by atoms with Crippen molar-refractivity contribution < 1.29 is 19.1 Å². The van der Waals surface area contributed by atoms with E-state index in [4.69, 9.17) is 9.47 Å². The first-order valence-corrected chi connectivity index (χ1v) is 9.45. The van der Waals surface area contributed by atoms with E-state index in [-0.39, 0.29) is 24.3 Å². The van der Waals surface area contributed by atoms with Gasteiger partial charge in [-0.25, -0.2) is 0 Å². The molecule has 1 aliphatic rings. The average molecular weight is 382 g/mol. The van der Waals surface area contributed by atoms with E-state index in [0.29, 0.717) is 18.0 Å². The molecule has 0 radical (unpaired) electrons. The van der Waals surface area contributed by atoms with E-state index in [9.17, 15) is 9.59 Å². The monoisotopic (exact) mass is 382 g/mol. The molecule has 6 heteroatoms. The molecule has 2 amide bonds. The van der Waals surface area contributed by atoms with Gasteiger partial charge in [0.2, 0.25) is 5.91 Å². The van der Waals surface area contributed by atoms with Crippen LogP contribution in [0.15, 0.2) is 48.5 Å². The Morgan fingerprint density at radius 2 is 1.75 bits per heavy atom. The SMILES string of the molecule is COc1ccccc1OCC(=O)N[C@@H](C(=O)N1CCc2ccccc21)C(C)C. The van der Waals surface area contributed by atoms with Crippen LogP contribution in [0.2, 0.25) is 0 Å². The zero-order valence-electron chi connectivity index (χ0n) is 16.5. The van der Waals surface area contributed by atoms with Crippen LogP contribution in [-0.4, -0.2) is 38.1 Å². The normalized spacial score (nSPS) is 13.8. The molecule has 2 aromatic carbocycles. The fourth-order valence-electron chi connectivity index (χ4n) is 3.35. The largest absolute Gasteiger partial charge is 0.493 e. The highest BCUT2D eigenvalue weighted by atomic mass is 16.5. The number of carbonyl (C=O) groups excluding carboxylic acids is 2. The fourth-order valence-corrected chi connectivity index (χ4v) is 3.35. The van der Waals surface area contributed by atoms with E-state index in [1.807, 2.05) is 44.2 Å². The number of hydrogen-bond acceptors (Lipinski definition) is 4. The van der Waals surface area contributed by atoms with E-state index in [2.05, 4.69) is 5.32 Å². The maximum atomic E-state index is 13.1. The second-order valence-corrected chi connectivity index (χ2v) is 7.10. The molecule has 0 saturated carbocycles. The molecule has 0 bridgehead atoms. The predicted molar refractivity (Wildman–Crippen MR) is 108 cm³/mol. The predicted octanol–water partition coefficient (Wildman–Crippen LogP) is 2.80. The minimum Gasteiger partial charge on any atom is -0.493 e. The van der Waals surface area contributed by atoms with Crippen LogP contribution in [0.4, 0.5) is 5.69 Å². The number of para-hydroxylation sites is 3. The topological polar surface area (TPSA) is 67.9 Å². The van der Waals surface area contributed by atoms with E-state index < -0.39 is 6.04 Å². The zero-order chi connectivity index (χ0) is 20.1. The molecule has 1 atom stereocenters. The van der Waals surface area contributed by atoms with Crippen molar-refractivity contribution >= 4 is 17.5 Å². The number of ether oxygens (including phenoxy) is 2. The molecule has 1 heterocycles. The molecule has 0 aromatic heterocycles. The average Bonchev–Trinajstić information content (AvgIpc) is 3.14. The van der Waals surface area contributed by atoms with Crippen LogP contribution >= 0.6 is 0 Å². The highest BCUT2D eigenvalue weighted by Gasteiger charge is 2.32. The highest BCUT2D eigenvalue weighted by Crippen LogP contribution is 2.29. The minimum atomic E-state index is -0.611. The van der Waals surface area contributed by atoms with Crippen LogP contribution in [-0.2, 0) is 16.0 Å². The summed E-state index contributed by atoms with van der Waals surface area (Å²) in [6.45, 7) is 4.29. The molecule has 0 spiro atoms. The first-order chi connectivity index (χ1) is 13.5. The number of nitrogens with zero attached hydrogens (tertiary/aromatic N) is 1. The Kier molecular flexibility index (Phi) is 6.19. The number of fused-ring (bicyclic) bond motifs is 1. The van der Waals surface area contributed by atoms with Gasteiger partial charge in [-0.05, 0) is 36.1 Å². The van der Waals surface area contributed by atoms with Crippen LogP contribution in [0.3, 0.4) is 0 Å². The molecule has 1 N–H and O–H groups in total. The van der Waals surface area contributed by atoms with Crippen LogP contribution < -0.4 is 19.7 Å². The quantitative estimate of drug-likeness (QED) is 0.800. The molecule has 3 rings (SSSR count). The Labute approximate surface area is 165 Å². The van der Waals surface area contributed by atoms with Crippen molar-refractivity contribution in [1.29, 1.82) is 0 Å². The van der Waals surface area contributed by atoms with Crippen molar-refractivity contribution in [2.45, 2.75) is 26.3 Å². The Hall–Kier alpha value is -3.02. The molecule has 0 unspecified atom stereocenters. The fraction of sp³-hybridized carbons (Fsp3) is 0.364. The summed E-state index contributed by atoms with van der Waals surface area (Å²) < 4.78 is 10.8. The van der Waals surface area contributed by atoms with Gasteiger partial charge in [-0.1, -0.05) is 44.2 Å². The van der Waals surface area contributed by atoms with Gasteiger partial charge in [0.25, 0.3) is 5.91 Å². The van der Waals surface area contributed by atoms with Crippen molar-refractivity contribution in [2.24, 2.45) is 5.92 Å². The Morgan fingerprint density at radius 1 is 1.07 bits per heavy atom. The summed E-state index contributed by atoms with van der Waals surface area (Å²) in [5.74, 6) is 0.563.